The zero-order chi connectivity index (χ0) is 16.8. The molecule has 3 heterocycles. The van der Waals surface area contributed by atoms with Crippen molar-refractivity contribution in [3.8, 4) is 0 Å². The van der Waals surface area contributed by atoms with E-state index in [0.717, 1.165) is 30.6 Å². The Morgan fingerprint density at radius 2 is 2.08 bits per heavy atom. The van der Waals surface area contributed by atoms with Crippen LogP contribution in [0.4, 0.5) is 5.69 Å². The number of aryl methyl sites for hydroxylation is 1. The molecule has 4 rings (SSSR count). The van der Waals surface area contributed by atoms with Crippen molar-refractivity contribution in [3.63, 3.8) is 0 Å². The van der Waals surface area contributed by atoms with Crippen molar-refractivity contribution in [3.05, 3.63) is 51.2 Å². The number of amides is 1. The normalized spacial score (nSPS) is 20.4. The molecule has 124 valence electrons. The minimum Gasteiger partial charge on any atom is -0.291 e. The number of Topliss-reactive ketones (excluding diaryl/α,β-unsaturated/α-hetero) is 1. The number of anilines is 1. The number of carbonyl (C=O) groups excluding carboxylic acids is 2. The zero-order valence-corrected chi connectivity index (χ0v) is 14.7. The maximum atomic E-state index is 12.5. The molecule has 1 atom stereocenters. The summed E-state index contributed by atoms with van der Waals surface area (Å²) in [6.45, 7) is 5.52. The molecule has 1 aromatic heterocycles. The predicted octanol–water partition coefficient (Wildman–Crippen LogP) is 3.55. The molecular formula is C19H20N2O2S. The highest BCUT2D eigenvalue weighted by Crippen LogP contribution is 2.37. The third kappa shape index (κ3) is 2.31. The number of fused-ring (bicyclic) bond motifs is 2. The summed E-state index contributed by atoms with van der Waals surface area (Å²) in [7, 11) is 0. The Morgan fingerprint density at radius 3 is 2.88 bits per heavy atom. The molecule has 2 aromatic rings. The van der Waals surface area contributed by atoms with E-state index < -0.39 is 5.91 Å². The minimum atomic E-state index is -0.401. The number of ketones is 1. The Labute approximate surface area is 145 Å². The van der Waals surface area contributed by atoms with Crippen LogP contribution in [-0.4, -0.2) is 29.8 Å². The Hall–Kier alpha value is -1.98. The van der Waals surface area contributed by atoms with Crippen LogP contribution >= 0.6 is 11.3 Å². The van der Waals surface area contributed by atoms with Gasteiger partial charge in [0.1, 0.15) is 0 Å². The van der Waals surface area contributed by atoms with Gasteiger partial charge in [-0.15, -0.1) is 11.3 Å². The van der Waals surface area contributed by atoms with Crippen molar-refractivity contribution in [2.24, 2.45) is 0 Å². The Kier molecular flexibility index (Phi) is 3.77. The highest BCUT2D eigenvalue weighted by atomic mass is 32.1. The second-order valence-electron chi connectivity index (χ2n) is 6.51. The summed E-state index contributed by atoms with van der Waals surface area (Å²) in [6.07, 6.45) is 2.01. The lowest BCUT2D eigenvalue weighted by atomic mass is 9.98. The van der Waals surface area contributed by atoms with Gasteiger partial charge < -0.3 is 0 Å². The Morgan fingerprint density at radius 1 is 1.25 bits per heavy atom. The molecular weight excluding hydrogens is 320 g/mol. The fourth-order valence-corrected chi connectivity index (χ4v) is 4.76. The lowest BCUT2D eigenvalue weighted by Gasteiger charge is -2.37. The Bertz CT molecular complexity index is 827. The molecule has 0 fully saturated rings. The van der Waals surface area contributed by atoms with Crippen LogP contribution in [0.5, 0.6) is 0 Å². The first-order valence-corrected chi connectivity index (χ1v) is 9.25. The van der Waals surface area contributed by atoms with E-state index in [4.69, 9.17) is 0 Å². The van der Waals surface area contributed by atoms with Gasteiger partial charge in [-0.3, -0.25) is 19.4 Å². The van der Waals surface area contributed by atoms with Gasteiger partial charge in [0.25, 0.3) is 5.78 Å². The third-order valence-corrected chi connectivity index (χ3v) is 6.04. The fourth-order valence-electron chi connectivity index (χ4n) is 3.83. The molecule has 0 saturated heterocycles. The fraction of sp³-hybridized carbons (Fsp3) is 0.368. The van der Waals surface area contributed by atoms with Crippen LogP contribution in [0.15, 0.2) is 29.6 Å². The number of nitrogens with zero attached hydrogens (tertiary/aromatic N) is 2. The smallest absolute Gasteiger partial charge is 0.291 e. The number of hydrogen-bond acceptors (Lipinski definition) is 4. The van der Waals surface area contributed by atoms with Crippen molar-refractivity contribution in [1.29, 1.82) is 0 Å². The molecule has 2 aliphatic heterocycles. The van der Waals surface area contributed by atoms with Gasteiger partial charge >= 0.3 is 5.91 Å². The average Bonchev–Trinajstić information content (AvgIpc) is 3.14. The quantitative estimate of drug-likeness (QED) is 0.802. The van der Waals surface area contributed by atoms with Gasteiger partial charge in [-0.1, -0.05) is 18.6 Å². The second kappa shape index (κ2) is 5.83. The highest BCUT2D eigenvalue weighted by Gasteiger charge is 2.38. The van der Waals surface area contributed by atoms with E-state index in [2.05, 4.69) is 23.3 Å². The molecule has 0 N–H and O–H groups in total. The van der Waals surface area contributed by atoms with Gasteiger partial charge in [0.05, 0.1) is 17.9 Å². The minimum absolute atomic E-state index is 0.317. The molecule has 0 saturated carbocycles. The summed E-state index contributed by atoms with van der Waals surface area (Å²) < 4.78 is 0. The molecule has 1 amide bonds. The SMILES string of the molecule is CC[C@H]1c2ccsc2CCN1CN1C(=O)C(=O)c2cc(C)ccc21. The highest BCUT2D eigenvalue weighted by molar-refractivity contribution is 7.10. The van der Waals surface area contributed by atoms with Crippen molar-refractivity contribution in [2.75, 3.05) is 18.1 Å². The van der Waals surface area contributed by atoms with Crippen LogP contribution in [-0.2, 0) is 11.2 Å². The van der Waals surface area contributed by atoms with E-state index in [0.29, 0.717) is 18.3 Å². The maximum absolute atomic E-state index is 12.5. The predicted molar refractivity (Wildman–Crippen MR) is 95.6 cm³/mol. The summed E-state index contributed by atoms with van der Waals surface area (Å²) in [6, 6.07) is 8.20. The molecule has 0 bridgehead atoms. The van der Waals surface area contributed by atoms with Crippen molar-refractivity contribution < 1.29 is 9.59 Å². The van der Waals surface area contributed by atoms with Gasteiger partial charge in [0.15, 0.2) is 0 Å². The van der Waals surface area contributed by atoms with Crippen molar-refractivity contribution in [2.45, 2.75) is 32.7 Å². The lowest BCUT2D eigenvalue weighted by Crippen LogP contribution is -2.45. The van der Waals surface area contributed by atoms with Gasteiger partial charge in [0.2, 0.25) is 0 Å². The summed E-state index contributed by atoms with van der Waals surface area (Å²) in [5.41, 5.74) is 3.68. The van der Waals surface area contributed by atoms with Crippen molar-refractivity contribution in [1.82, 2.24) is 4.90 Å². The molecule has 4 nitrogen and oxygen atoms in total. The molecule has 24 heavy (non-hydrogen) atoms. The van der Waals surface area contributed by atoms with Crippen LogP contribution in [0.25, 0.3) is 0 Å². The van der Waals surface area contributed by atoms with Crippen LogP contribution in [0.1, 0.15) is 45.7 Å². The first-order chi connectivity index (χ1) is 11.6. The molecule has 0 unspecified atom stereocenters. The van der Waals surface area contributed by atoms with Gasteiger partial charge in [-0.2, -0.15) is 0 Å². The lowest BCUT2D eigenvalue weighted by molar-refractivity contribution is -0.114. The molecule has 2 aliphatic rings. The van der Waals surface area contributed by atoms with Crippen LogP contribution in [0.3, 0.4) is 0 Å². The summed E-state index contributed by atoms with van der Waals surface area (Å²) in [4.78, 5) is 30.2. The summed E-state index contributed by atoms with van der Waals surface area (Å²) in [5.74, 6) is -0.781. The third-order valence-electron chi connectivity index (χ3n) is 5.04. The number of rotatable bonds is 3. The van der Waals surface area contributed by atoms with Gasteiger partial charge in [0, 0.05) is 17.5 Å². The second-order valence-corrected chi connectivity index (χ2v) is 7.51. The first kappa shape index (κ1) is 15.5. The molecule has 0 radical (unpaired) electrons. The van der Waals surface area contributed by atoms with E-state index in [1.807, 2.05) is 36.5 Å². The van der Waals surface area contributed by atoms with Gasteiger partial charge in [-0.05, 0) is 48.9 Å². The number of thiophene rings is 1. The molecule has 0 aliphatic carbocycles. The maximum Gasteiger partial charge on any atom is 0.300 e. The van der Waals surface area contributed by atoms with Crippen molar-refractivity contribution >= 4 is 28.7 Å². The van der Waals surface area contributed by atoms with E-state index in [9.17, 15) is 9.59 Å². The largest absolute Gasteiger partial charge is 0.300 e. The van der Waals surface area contributed by atoms with Gasteiger partial charge in [-0.25, -0.2) is 0 Å². The first-order valence-electron chi connectivity index (χ1n) is 8.37. The van der Waals surface area contributed by atoms with E-state index in [-0.39, 0.29) is 5.78 Å². The topological polar surface area (TPSA) is 40.6 Å². The van der Waals surface area contributed by atoms with E-state index in [1.54, 1.807) is 4.90 Å². The number of hydrogen-bond donors (Lipinski definition) is 0. The van der Waals surface area contributed by atoms with E-state index in [1.165, 1.54) is 10.4 Å². The van der Waals surface area contributed by atoms with Crippen LogP contribution < -0.4 is 4.90 Å². The average molecular weight is 340 g/mol. The van der Waals surface area contributed by atoms with Crippen LogP contribution in [0.2, 0.25) is 0 Å². The monoisotopic (exact) mass is 340 g/mol. The standard InChI is InChI=1S/C19H20N2O2S/c1-3-15-13-7-9-24-17(13)6-8-20(15)11-21-16-5-4-12(2)10-14(16)18(22)19(21)23/h4-5,7,9-10,15H,3,6,8,11H2,1-2H3/t15-/m0/s1. The molecule has 1 aromatic carbocycles. The number of benzene rings is 1. The molecule has 5 heteroatoms. The zero-order valence-electron chi connectivity index (χ0n) is 13.9. The number of carbonyl (C=O) groups is 2. The molecule has 0 spiro atoms. The summed E-state index contributed by atoms with van der Waals surface area (Å²) in [5, 5.41) is 2.15. The van der Waals surface area contributed by atoms with Crippen LogP contribution in [0, 0.1) is 6.92 Å². The Balaban J connectivity index is 1.64. The summed E-state index contributed by atoms with van der Waals surface area (Å²) >= 11 is 1.82. The van der Waals surface area contributed by atoms with E-state index >= 15 is 0 Å².